The molecule has 0 aliphatic carbocycles. The third-order valence-electron chi connectivity index (χ3n) is 6.90. The van der Waals surface area contributed by atoms with Gasteiger partial charge in [0.25, 0.3) is 0 Å². The van der Waals surface area contributed by atoms with E-state index in [1.54, 1.807) is 22.5 Å². The summed E-state index contributed by atoms with van der Waals surface area (Å²) < 4.78 is 32.9. The van der Waals surface area contributed by atoms with Gasteiger partial charge in [0, 0.05) is 37.3 Å². The first-order chi connectivity index (χ1) is 17.4. The van der Waals surface area contributed by atoms with Crippen LogP contribution >= 0.6 is 0 Å². The Labute approximate surface area is 212 Å². The van der Waals surface area contributed by atoms with Gasteiger partial charge in [0.15, 0.2) is 0 Å². The van der Waals surface area contributed by atoms with Gasteiger partial charge in [-0.3, -0.25) is 4.79 Å². The van der Waals surface area contributed by atoms with Crippen molar-refractivity contribution >= 4 is 38.3 Å². The van der Waals surface area contributed by atoms with Gasteiger partial charge in [0.2, 0.25) is 15.9 Å². The van der Waals surface area contributed by atoms with Crippen molar-refractivity contribution in [3.8, 4) is 5.75 Å². The third-order valence-corrected chi connectivity index (χ3v) is 8.79. The van der Waals surface area contributed by atoms with E-state index in [0.29, 0.717) is 31.1 Å². The minimum atomic E-state index is -3.47. The van der Waals surface area contributed by atoms with E-state index in [9.17, 15) is 13.2 Å². The van der Waals surface area contributed by atoms with Gasteiger partial charge in [-0.25, -0.2) is 13.4 Å². The van der Waals surface area contributed by atoms with E-state index in [0.717, 1.165) is 60.4 Å². The van der Waals surface area contributed by atoms with Crippen LogP contribution in [-0.4, -0.2) is 56.4 Å². The molecule has 2 fully saturated rings. The number of nitrogens with one attached hydrogen (secondary N) is 1. The molecule has 2 aliphatic heterocycles. The number of piperidine rings is 1. The van der Waals surface area contributed by atoms with Crippen molar-refractivity contribution in [3.05, 3.63) is 54.6 Å². The lowest BCUT2D eigenvalue weighted by atomic mass is 9.97. The van der Waals surface area contributed by atoms with Gasteiger partial charge in [0.1, 0.15) is 11.6 Å². The number of ether oxygens (including phenoxy) is 1. The van der Waals surface area contributed by atoms with E-state index >= 15 is 0 Å². The van der Waals surface area contributed by atoms with Crippen molar-refractivity contribution < 1.29 is 17.9 Å². The quantitative estimate of drug-likeness (QED) is 0.512. The molecule has 1 amide bonds. The molecule has 0 spiro atoms. The summed E-state index contributed by atoms with van der Waals surface area (Å²) in [6.07, 6.45) is 3.54. The Morgan fingerprint density at radius 3 is 2.56 bits per heavy atom. The number of benzene rings is 2. The van der Waals surface area contributed by atoms with E-state index in [2.05, 4.69) is 10.2 Å². The first-order valence-corrected chi connectivity index (χ1v) is 14.1. The molecule has 2 aliphatic rings. The number of pyridine rings is 1. The molecule has 0 saturated carbocycles. The van der Waals surface area contributed by atoms with E-state index in [-0.39, 0.29) is 11.8 Å². The first-order valence-electron chi connectivity index (χ1n) is 12.6. The number of hydrogen-bond donors (Lipinski definition) is 1. The Hall–Kier alpha value is -3.17. The summed E-state index contributed by atoms with van der Waals surface area (Å²) in [5, 5.41) is 3.82. The zero-order valence-electron chi connectivity index (χ0n) is 20.5. The Bertz CT molecular complexity index is 1340. The molecule has 3 heterocycles. The molecule has 1 aromatic heterocycles. The number of amides is 1. The maximum absolute atomic E-state index is 13.0. The summed E-state index contributed by atoms with van der Waals surface area (Å²) in [5.74, 6) is 1.44. The summed E-state index contributed by atoms with van der Waals surface area (Å²) in [4.78, 5) is 20.2. The second kappa shape index (κ2) is 10.4. The number of carbonyl (C=O) groups excluding carboxylic acids is 1. The van der Waals surface area contributed by atoms with Gasteiger partial charge in [-0.15, -0.1) is 0 Å². The highest BCUT2D eigenvalue weighted by atomic mass is 32.2. The van der Waals surface area contributed by atoms with Crippen molar-refractivity contribution in [1.29, 1.82) is 0 Å². The minimum absolute atomic E-state index is 0.00131. The van der Waals surface area contributed by atoms with Crippen molar-refractivity contribution in [1.82, 2.24) is 9.29 Å². The highest BCUT2D eigenvalue weighted by Crippen LogP contribution is 2.28. The van der Waals surface area contributed by atoms with E-state index < -0.39 is 10.0 Å². The second-order valence-electron chi connectivity index (χ2n) is 9.37. The second-order valence-corrected chi connectivity index (χ2v) is 11.3. The molecular weight excluding hydrogens is 476 g/mol. The van der Waals surface area contributed by atoms with Crippen LogP contribution in [0.15, 0.2) is 59.5 Å². The predicted octanol–water partition coefficient (Wildman–Crippen LogP) is 4.27. The minimum Gasteiger partial charge on any atom is -0.494 e. The molecule has 190 valence electrons. The maximum Gasteiger partial charge on any atom is 0.243 e. The summed E-state index contributed by atoms with van der Waals surface area (Å²) >= 11 is 0. The van der Waals surface area contributed by atoms with Gasteiger partial charge in [-0.05, 0) is 87.2 Å². The van der Waals surface area contributed by atoms with Crippen LogP contribution in [-0.2, 0) is 14.8 Å². The number of anilines is 2. The lowest BCUT2D eigenvalue weighted by Crippen LogP contribution is -2.41. The molecule has 0 bridgehead atoms. The number of fused-ring (bicyclic) bond motifs is 1. The normalized spacial score (nSPS) is 18.9. The molecule has 0 radical (unpaired) electrons. The standard InChI is InChI=1S/C27H32N4O4S/c1-2-35-23-10-8-22(9-11-23)28-27(32)21-6-5-15-30(19-21)26-14-7-20-18-24(12-13-25(20)29-26)36(33,34)31-16-3-4-17-31/h7-14,18,21H,2-6,15-17,19H2,1H3,(H,28,32)/t21-/m1/s1. The molecular formula is C27H32N4O4S. The van der Waals surface area contributed by atoms with Crippen LogP contribution in [0.5, 0.6) is 5.75 Å². The van der Waals surface area contributed by atoms with Crippen molar-refractivity contribution in [3.63, 3.8) is 0 Å². The molecule has 1 atom stereocenters. The van der Waals surface area contributed by atoms with Crippen LogP contribution in [0.4, 0.5) is 11.5 Å². The van der Waals surface area contributed by atoms with Gasteiger partial charge in [-0.2, -0.15) is 4.31 Å². The molecule has 36 heavy (non-hydrogen) atoms. The Morgan fingerprint density at radius 1 is 1.03 bits per heavy atom. The average Bonchev–Trinajstić information content (AvgIpc) is 3.46. The van der Waals surface area contributed by atoms with Crippen LogP contribution in [0.3, 0.4) is 0 Å². The maximum atomic E-state index is 13.0. The molecule has 2 saturated heterocycles. The van der Waals surface area contributed by atoms with Gasteiger partial charge in [-0.1, -0.05) is 0 Å². The monoisotopic (exact) mass is 508 g/mol. The van der Waals surface area contributed by atoms with Gasteiger partial charge >= 0.3 is 0 Å². The highest BCUT2D eigenvalue weighted by molar-refractivity contribution is 7.89. The van der Waals surface area contributed by atoms with E-state index in [1.165, 1.54) is 0 Å². The molecule has 0 unspecified atom stereocenters. The van der Waals surface area contributed by atoms with E-state index in [4.69, 9.17) is 9.72 Å². The zero-order valence-corrected chi connectivity index (χ0v) is 21.3. The van der Waals surface area contributed by atoms with Crippen molar-refractivity contribution in [2.45, 2.75) is 37.5 Å². The SMILES string of the molecule is CCOc1ccc(NC(=O)[C@@H]2CCCN(c3ccc4cc(S(=O)(=O)N5CCCC5)ccc4n3)C2)cc1. The summed E-state index contributed by atoms with van der Waals surface area (Å²) in [6, 6.07) is 16.4. The molecule has 5 rings (SSSR count). The summed E-state index contributed by atoms with van der Waals surface area (Å²) in [6.45, 7) is 5.12. The van der Waals surface area contributed by atoms with Gasteiger partial charge in [0.05, 0.1) is 22.9 Å². The number of hydrogen-bond acceptors (Lipinski definition) is 6. The number of carbonyl (C=O) groups is 1. The fourth-order valence-electron chi connectivity index (χ4n) is 4.95. The van der Waals surface area contributed by atoms with Crippen LogP contribution in [0, 0.1) is 5.92 Å². The smallest absolute Gasteiger partial charge is 0.243 e. The highest BCUT2D eigenvalue weighted by Gasteiger charge is 2.28. The summed E-state index contributed by atoms with van der Waals surface area (Å²) in [7, 11) is -3.47. The Balaban J connectivity index is 1.27. The molecule has 1 N–H and O–H groups in total. The largest absolute Gasteiger partial charge is 0.494 e. The lowest BCUT2D eigenvalue weighted by Gasteiger charge is -2.33. The Morgan fingerprint density at radius 2 is 1.81 bits per heavy atom. The van der Waals surface area contributed by atoms with Crippen LogP contribution in [0.25, 0.3) is 10.9 Å². The average molecular weight is 509 g/mol. The molecule has 9 heteroatoms. The predicted molar refractivity (Wildman–Crippen MR) is 141 cm³/mol. The fraction of sp³-hybridized carbons (Fsp3) is 0.407. The number of sulfonamides is 1. The molecule has 8 nitrogen and oxygen atoms in total. The zero-order chi connectivity index (χ0) is 25.1. The fourth-order valence-corrected chi connectivity index (χ4v) is 6.50. The van der Waals surface area contributed by atoms with E-state index in [1.807, 2.05) is 43.3 Å². The Kier molecular flexibility index (Phi) is 7.11. The summed E-state index contributed by atoms with van der Waals surface area (Å²) in [5.41, 5.74) is 1.50. The molecule has 3 aromatic rings. The van der Waals surface area contributed by atoms with Crippen LogP contribution < -0.4 is 15.0 Å². The number of aromatic nitrogens is 1. The van der Waals surface area contributed by atoms with Crippen LogP contribution in [0.2, 0.25) is 0 Å². The molecule has 2 aromatic carbocycles. The van der Waals surface area contributed by atoms with Crippen LogP contribution in [0.1, 0.15) is 32.6 Å². The topological polar surface area (TPSA) is 91.8 Å². The number of rotatable bonds is 7. The third kappa shape index (κ3) is 5.17. The van der Waals surface area contributed by atoms with Gasteiger partial charge < -0.3 is 15.0 Å². The number of nitrogens with zero attached hydrogens (tertiary/aromatic N) is 3. The lowest BCUT2D eigenvalue weighted by molar-refractivity contribution is -0.120. The van der Waals surface area contributed by atoms with Crippen molar-refractivity contribution in [2.24, 2.45) is 5.92 Å². The van der Waals surface area contributed by atoms with Crippen molar-refractivity contribution in [2.75, 3.05) is 43.0 Å². The first kappa shape index (κ1) is 24.5.